The molecule has 0 unspecified atom stereocenters. The van der Waals surface area contributed by atoms with E-state index in [2.05, 4.69) is 10.4 Å². The van der Waals surface area contributed by atoms with Crippen LogP contribution in [0.3, 0.4) is 0 Å². The Morgan fingerprint density at radius 1 is 1.25 bits per heavy atom. The van der Waals surface area contributed by atoms with Crippen molar-refractivity contribution in [2.75, 3.05) is 24.7 Å². The summed E-state index contributed by atoms with van der Waals surface area (Å²) in [6.07, 6.45) is 2.48. The van der Waals surface area contributed by atoms with Crippen molar-refractivity contribution in [2.45, 2.75) is 38.3 Å². The molecule has 2 saturated heterocycles. The van der Waals surface area contributed by atoms with Gasteiger partial charge < -0.3 is 10.1 Å². The van der Waals surface area contributed by atoms with Crippen LogP contribution in [0.5, 0.6) is 0 Å². The highest BCUT2D eigenvalue weighted by Crippen LogP contribution is 2.32. The molecule has 2 aliphatic rings. The molecular weight excluding hydrogens is 428 g/mol. The zero-order chi connectivity index (χ0) is 22.3. The zero-order valence-electron chi connectivity index (χ0n) is 18.0. The fraction of sp³-hybridized carbons (Fsp3) is 0.435. The average molecular weight is 455 g/mol. The van der Waals surface area contributed by atoms with Crippen LogP contribution in [0.25, 0.3) is 22.3 Å². The number of ether oxygens (including phenoxy) is 1. The molecule has 0 spiro atoms. The number of nitrogens with zero attached hydrogens (tertiary/aromatic N) is 3. The molecule has 0 radical (unpaired) electrons. The smallest absolute Gasteiger partial charge is 0.252 e. The average Bonchev–Trinajstić information content (AvgIpc) is 3.51. The monoisotopic (exact) mass is 454 g/mol. The molecule has 0 bridgehead atoms. The molecule has 3 aromatic rings. The lowest BCUT2D eigenvalue weighted by molar-refractivity contribution is 0.0859. The third-order valence-corrected chi connectivity index (χ3v) is 7.97. The van der Waals surface area contributed by atoms with Crippen LogP contribution >= 0.6 is 0 Å². The van der Waals surface area contributed by atoms with Crippen molar-refractivity contribution in [3.05, 3.63) is 47.7 Å². The number of carbonyl (C=O) groups excluding carboxylic acids is 1. The van der Waals surface area contributed by atoms with Gasteiger partial charge in [-0.15, -0.1) is 0 Å². The van der Waals surface area contributed by atoms with E-state index in [-0.39, 0.29) is 29.6 Å². The summed E-state index contributed by atoms with van der Waals surface area (Å²) in [6, 6.07) is 11.2. The number of benzene rings is 1. The second-order valence-corrected chi connectivity index (χ2v) is 10.8. The minimum absolute atomic E-state index is 0.0392. The van der Waals surface area contributed by atoms with Gasteiger partial charge in [0.2, 0.25) is 0 Å². The minimum atomic E-state index is -3.09. The maximum atomic E-state index is 13.3. The number of carbonyl (C=O) groups is 1. The normalized spacial score (nSPS) is 22.4. The van der Waals surface area contributed by atoms with Gasteiger partial charge in [-0.05, 0) is 32.3 Å². The second kappa shape index (κ2) is 8.29. The Hall–Kier alpha value is -2.78. The molecule has 1 N–H and O–H groups in total. The van der Waals surface area contributed by atoms with Gasteiger partial charge >= 0.3 is 0 Å². The van der Waals surface area contributed by atoms with E-state index in [1.54, 1.807) is 10.7 Å². The molecule has 0 saturated carbocycles. The van der Waals surface area contributed by atoms with Crippen LogP contribution in [-0.2, 0) is 14.6 Å². The standard InChI is InChI=1S/C23H26N4O4S/c1-15-21-19(23(28)24-13-18-8-5-10-31-18)12-20(16-6-3-2-4-7-16)25-22(21)27(26-15)17-9-11-32(29,30)14-17/h2-4,6-7,12,17-18H,5,8-11,13-14H2,1H3,(H,24,28)/t17-,18-/m1/s1. The quantitative estimate of drug-likeness (QED) is 0.636. The summed E-state index contributed by atoms with van der Waals surface area (Å²) < 4.78 is 31.5. The van der Waals surface area contributed by atoms with Gasteiger partial charge in [-0.1, -0.05) is 30.3 Å². The maximum Gasteiger partial charge on any atom is 0.252 e. The van der Waals surface area contributed by atoms with Crippen molar-refractivity contribution in [3.8, 4) is 11.3 Å². The van der Waals surface area contributed by atoms with Crippen LogP contribution in [0.2, 0.25) is 0 Å². The first-order valence-electron chi connectivity index (χ1n) is 11.0. The van der Waals surface area contributed by atoms with Gasteiger partial charge in [0.1, 0.15) is 0 Å². The fourth-order valence-electron chi connectivity index (χ4n) is 4.58. The first-order chi connectivity index (χ1) is 15.4. The summed E-state index contributed by atoms with van der Waals surface area (Å²) in [5, 5.41) is 8.31. The molecule has 8 nitrogen and oxygen atoms in total. The first kappa shape index (κ1) is 21.1. The summed E-state index contributed by atoms with van der Waals surface area (Å²) in [4.78, 5) is 18.1. The SMILES string of the molecule is Cc1nn([C@@H]2CCS(=O)(=O)C2)c2nc(-c3ccccc3)cc(C(=O)NC[C@H]3CCCO3)c12. The summed E-state index contributed by atoms with van der Waals surface area (Å²) >= 11 is 0. The number of hydrogen-bond acceptors (Lipinski definition) is 6. The van der Waals surface area contributed by atoms with Crippen molar-refractivity contribution in [1.29, 1.82) is 0 Å². The highest BCUT2D eigenvalue weighted by molar-refractivity contribution is 7.91. The third kappa shape index (κ3) is 4.02. The van der Waals surface area contributed by atoms with Gasteiger partial charge in [0.05, 0.1) is 46.0 Å². The molecule has 1 aromatic carbocycles. The number of aryl methyl sites for hydroxylation is 1. The number of aromatic nitrogens is 3. The second-order valence-electron chi connectivity index (χ2n) is 8.55. The van der Waals surface area contributed by atoms with Crippen LogP contribution < -0.4 is 5.32 Å². The van der Waals surface area contributed by atoms with Crippen LogP contribution in [0.15, 0.2) is 36.4 Å². The molecule has 2 aliphatic heterocycles. The molecule has 0 aliphatic carbocycles. The predicted octanol–water partition coefficient (Wildman–Crippen LogP) is 2.68. The van der Waals surface area contributed by atoms with Gasteiger partial charge in [-0.25, -0.2) is 18.1 Å². The molecule has 168 valence electrons. The highest BCUT2D eigenvalue weighted by atomic mass is 32.2. The van der Waals surface area contributed by atoms with Crippen molar-refractivity contribution < 1.29 is 17.9 Å². The molecule has 32 heavy (non-hydrogen) atoms. The Kier molecular flexibility index (Phi) is 5.46. The number of sulfone groups is 1. The predicted molar refractivity (Wildman–Crippen MR) is 121 cm³/mol. The van der Waals surface area contributed by atoms with Gasteiger partial charge in [0.15, 0.2) is 15.5 Å². The minimum Gasteiger partial charge on any atom is -0.376 e. The lowest BCUT2D eigenvalue weighted by Gasteiger charge is -2.14. The number of rotatable bonds is 5. The first-order valence-corrected chi connectivity index (χ1v) is 12.8. The summed E-state index contributed by atoms with van der Waals surface area (Å²) in [7, 11) is -3.09. The Bertz CT molecular complexity index is 1260. The molecule has 5 rings (SSSR count). The number of fused-ring (bicyclic) bond motifs is 1. The maximum absolute atomic E-state index is 13.3. The Morgan fingerprint density at radius 3 is 2.75 bits per heavy atom. The van der Waals surface area contributed by atoms with E-state index in [4.69, 9.17) is 9.72 Å². The molecule has 4 heterocycles. The Morgan fingerprint density at radius 2 is 2.06 bits per heavy atom. The number of pyridine rings is 1. The van der Waals surface area contributed by atoms with E-state index >= 15 is 0 Å². The lowest BCUT2D eigenvalue weighted by atomic mass is 10.0. The summed E-state index contributed by atoms with van der Waals surface area (Å²) in [5.41, 5.74) is 3.25. The molecule has 2 fully saturated rings. The summed E-state index contributed by atoms with van der Waals surface area (Å²) in [5.74, 6) is -0.0154. The number of nitrogens with one attached hydrogen (secondary N) is 1. The van der Waals surface area contributed by atoms with Crippen LogP contribution in [-0.4, -0.2) is 59.9 Å². The number of hydrogen-bond donors (Lipinski definition) is 1. The van der Waals surface area contributed by atoms with Crippen molar-refractivity contribution >= 4 is 26.8 Å². The lowest BCUT2D eigenvalue weighted by Crippen LogP contribution is -2.32. The summed E-state index contributed by atoms with van der Waals surface area (Å²) in [6.45, 7) is 3.02. The van der Waals surface area contributed by atoms with Crippen LogP contribution in [0, 0.1) is 6.92 Å². The molecule has 1 amide bonds. The van der Waals surface area contributed by atoms with Gasteiger partial charge in [-0.2, -0.15) is 5.10 Å². The number of amides is 1. The van der Waals surface area contributed by atoms with E-state index in [1.165, 1.54) is 0 Å². The van der Waals surface area contributed by atoms with Gasteiger partial charge in [0, 0.05) is 18.7 Å². The third-order valence-electron chi connectivity index (χ3n) is 6.22. The van der Waals surface area contributed by atoms with Crippen molar-refractivity contribution in [3.63, 3.8) is 0 Å². The molecule has 2 aromatic heterocycles. The van der Waals surface area contributed by atoms with E-state index < -0.39 is 9.84 Å². The molecule has 9 heteroatoms. The highest BCUT2D eigenvalue weighted by Gasteiger charge is 2.32. The van der Waals surface area contributed by atoms with E-state index in [0.29, 0.717) is 41.0 Å². The van der Waals surface area contributed by atoms with Crippen LogP contribution in [0.1, 0.15) is 41.4 Å². The van der Waals surface area contributed by atoms with E-state index in [9.17, 15) is 13.2 Å². The van der Waals surface area contributed by atoms with E-state index in [0.717, 1.165) is 25.0 Å². The Balaban J connectivity index is 1.60. The van der Waals surface area contributed by atoms with Gasteiger partial charge in [-0.3, -0.25) is 4.79 Å². The molecule has 2 atom stereocenters. The topological polar surface area (TPSA) is 103 Å². The molecular formula is C23H26N4O4S. The van der Waals surface area contributed by atoms with Crippen molar-refractivity contribution in [1.82, 2.24) is 20.1 Å². The van der Waals surface area contributed by atoms with Crippen LogP contribution in [0.4, 0.5) is 0 Å². The Labute approximate surface area is 186 Å². The van der Waals surface area contributed by atoms with E-state index in [1.807, 2.05) is 37.3 Å². The van der Waals surface area contributed by atoms with Gasteiger partial charge in [0.25, 0.3) is 5.91 Å². The fourth-order valence-corrected chi connectivity index (χ4v) is 6.27. The van der Waals surface area contributed by atoms with Crippen molar-refractivity contribution in [2.24, 2.45) is 0 Å². The zero-order valence-corrected chi connectivity index (χ0v) is 18.8. The largest absolute Gasteiger partial charge is 0.376 e.